The molecule has 1 saturated heterocycles. The van der Waals surface area contributed by atoms with Crippen LogP contribution in [0.2, 0.25) is 0 Å². The molecular formula is C13H25NO3. The molecule has 0 amide bonds. The van der Waals surface area contributed by atoms with E-state index in [0.29, 0.717) is 25.2 Å². The van der Waals surface area contributed by atoms with E-state index in [1.54, 1.807) is 0 Å². The highest BCUT2D eigenvalue weighted by atomic mass is 16.5. The van der Waals surface area contributed by atoms with Crippen molar-refractivity contribution in [1.82, 2.24) is 5.32 Å². The third-order valence-electron chi connectivity index (χ3n) is 3.66. The van der Waals surface area contributed by atoms with Gasteiger partial charge in [-0.15, -0.1) is 0 Å². The lowest BCUT2D eigenvalue weighted by Gasteiger charge is -2.17. The van der Waals surface area contributed by atoms with E-state index in [-0.39, 0.29) is 6.10 Å². The molecule has 2 rings (SSSR count). The molecule has 0 spiro atoms. The van der Waals surface area contributed by atoms with Gasteiger partial charge in [-0.1, -0.05) is 12.8 Å². The van der Waals surface area contributed by atoms with Crippen LogP contribution < -0.4 is 5.32 Å². The lowest BCUT2D eigenvalue weighted by atomic mass is 10.1. The summed E-state index contributed by atoms with van der Waals surface area (Å²) in [7, 11) is 0. The van der Waals surface area contributed by atoms with Crippen LogP contribution in [-0.2, 0) is 9.47 Å². The molecule has 0 bridgehead atoms. The maximum atomic E-state index is 9.76. The highest BCUT2D eigenvalue weighted by molar-refractivity contribution is 4.70. The summed E-state index contributed by atoms with van der Waals surface area (Å²) in [6.45, 7) is 3.80. The van der Waals surface area contributed by atoms with Gasteiger partial charge in [0.25, 0.3) is 0 Å². The summed E-state index contributed by atoms with van der Waals surface area (Å²) in [4.78, 5) is 0. The first-order chi connectivity index (χ1) is 8.34. The fourth-order valence-electron chi connectivity index (χ4n) is 2.56. The van der Waals surface area contributed by atoms with E-state index in [9.17, 15) is 5.11 Å². The van der Waals surface area contributed by atoms with Gasteiger partial charge in [-0.05, 0) is 25.2 Å². The van der Waals surface area contributed by atoms with Crippen LogP contribution in [-0.4, -0.2) is 50.2 Å². The Morgan fingerprint density at radius 3 is 2.82 bits per heavy atom. The van der Waals surface area contributed by atoms with Crippen LogP contribution in [0.1, 0.15) is 32.1 Å². The number of hydrogen-bond donors (Lipinski definition) is 2. The number of hydrogen-bond acceptors (Lipinski definition) is 4. The molecule has 0 aromatic rings. The first-order valence-corrected chi connectivity index (χ1v) is 6.92. The standard InChI is InChI=1S/C13H25NO3/c15-12(10-17-13-3-1-2-4-13)8-14-7-11-5-6-16-9-11/h11-15H,1-10H2. The SMILES string of the molecule is OC(CNCC1CCOC1)COC1CCCC1. The lowest BCUT2D eigenvalue weighted by Crippen LogP contribution is -2.34. The third kappa shape index (κ3) is 4.92. The van der Waals surface area contributed by atoms with Gasteiger partial charge < -0.3 is 19.9 Å². The Kier molecular flexibility index (Phi) is 5.71. The van der Waals surface area contributed by atoms with Gasteiger partial charge in [0.1, 0.15) is 0 Å². The van der Waals surface area contributed by atoms with Crippen molar-refractivity contribution in [3.8, 4) is 0 Å². The molecule has 2 aliphatic rings. The van der Waals surface area contributed by atoms with Gasteiger partial charge >= 0.3 is 0 Å². The maximum absolute atomic E-state index is 9.76. The summed E-state index contributed by atoms with van der Waals surface area (Å²) >= 11 is 0. The van der Waals surface area contributed by atoms with Gasteiger partial charge in [0.05, 0.1) is 25.4 Å². The van der Waals surface area contributed by atoms with Crippen molar-refractivity contribution in [2.45, 2.75) is 44.3 Å². The summed E-state index contributed by atoms with van der Waals surface area (Å²) in [6, 6.07) is 0. The summed E-state index contributed by atoms with van der Waals surface area (Å²) in [5.74, 6) is 0.623. The number of aliphatic hydroxyl groups is 1. The zero-order valence-electron chi connectivity index (χ0n) is 10.6. The van der Waals surface area contributed by atoms with Gasteiger partial charge in [0, 0.05) is 19.7 Å². The van der Waals surface area contributed by atoms with E-state index in [4.69, 9.17) is 9.47 Å². The van der Waals surface area contributed by atoms with Crippen molar-refractivity contribution in [2.75, 3.05) is 32.9 Å². The molecule has 17 heavy (non-hydrogen) atoms. The molecule has 1 aliphatic heterocycles. The van der Waals surface area contributed by atoms with Crippen LogP contribution in [0, 0.1) is 5.92 Å². The predicted molar refractivity (Wildman–Crippen MR) is 66.0 cm³/mol. The fraction of sp³-hybridized carbons (Fsp3) is 1.00. The van der Waals surface area contributed by atoms with Gasteiger partial charge in [-0.3, -0.25) is 0 Å². The van der Waals surface area contributed by atoms with Crippen molar-refractivity contribution < 1.29 is 14.6 Å². The fourth-order valence-corrected chi connectivity index (χ4v) is 2.56. The molecule has 100 valence electrons. The Morgan fingerprint density at radius 2 is 2.12 bits per heavy atom. The van der Waals surface area contributed by atoms with E-state index in [1.807, 2.05) is 0 Å². The Balaban J connectivity index is 1.46. The number of nitrogens with one attached hydrogen (secondary N) is 1. The molecule has 0 aromatic carbocycles. The lowest BCUT2D eigenvalue weighted by molar-refractivity contribution is -0.00563. The van der Waals surface area contributed by atoms with Gasteiger partial charge in [0.2, 0.25) is 0 Å². The molecule has 0 aromatic heterocycles. The second-order valence-corrected chi connectivity index (χ2v) is 5.28. The molecule has 4 nitrogen and oxygen atoms in total. The molecule has 2 unspecified atom stereocenters. The van der Waals surface area contributed by atoms with Gasteiger partial charge in [-0.25, -0.2) is 0 Å². The molecule has 4 heteroatoms. The van der Waals surface area contributed by atoms with Gasteiger partial charge in [0.15, 0.2) is 0 Å². The van der Waals surface area contributed by atoms with Crippen LogP contribution >= 0.6 is 0 Å². The van der Waals surface area contributed by atoms with Crippen molar-refractivity contribution in [3.05, 3.63) is 0 Å². The first kappa shape index (κ1) is 13.3. The Labute approximate surface area is 104 Å². The van der Waals surface area contributed by atoms with E-state index < -0.39 is 0 Å². The summed E-state index contributed by atoms with van der Waals surface area (Å²) in [5.41, 5.74) is 0. The molecule has 2 fully saturated rings. The zero-order chi connectivity index (χ0) is 11.9. The molecule has 1 heterocycles. The number of ether oxygens (including phenoxy) is 2. The molecule has 1 aliphatic carbocycles. The van der Waals surface area contributed by atoms with Crippen molar-refractivity contribution in [2.24, 2.45) is 5.92 Å². The average Bonchev–Trinajstić information content (AvgIpc) is 2.99. The Hall–Kier alpha value is -0.160. The molecule has 2 atom stereocenters. The topological polar surface area (TPSA) is 50.7 Å². The molecule has 1 saturated carbocycles. The highest BCUT2D eigenvalue weighted by Gasteiger charge is 2.18. The summed E-state index contributed by atoms with van der Waals surface area (Å²) in [5, 5.41) is 13.1. The molecule has 0 radical (unpaired) electrons. The highest BCUT2D eigenvalue weighted by Crippen LogP contribution is 2.20. The van der Waals surface area contributed by atoms with Crippen molar-refractivity contribution >= 4 is 0 Å². The van der Waals surface area contributed by atoms with Crippen molar-refractivity contribution in [1.29, 1.82) is 0 Å². The minimum atomic E-state index is -0.377. The van der Waals surface area contributed by atoms with Crippen LogP contribution in [0.4, 0.5) is 0 Å². The van der Waals surface area contributed by atoms with E-state index in [1.165, 1.54) is 25.7 Å². The van der Waals surface area contributed by atoms with Crippen molar-refractivity contribution in [3.63, 3.8) is 0 Å². The summed E-state index contributed by atoms with van der Waals surface area (Å²) < 4.78 is 11.0. The molecule has 2 N–H and O–H groups in total. The minimum absolute atomic E-state index is 0.377. The third-order valence-corrected chi connectivity index (χ3v) is 3.66. The smallest absolute Gasteiger partial charge is 0.0897 e. The Morgan fingerprint density at radius 1 is 1.29 bits per heavy atom. The van der Waals surface area contributed by atoms with Gasteiger partial charge in [-0.2, -0.15) is 0 Å². The van der Waals surface area contributed by atoms with Crippen LogP contribution in [0.3, 0.4) is 0 Å². The number of rotatable bonds is 7. The predicted octanol–water partition coefficient (Wildman–Crippen LogP) is 0.933. The van der Waals surface area contributed by atoms with E-state index >= 15 is 0 Å². The second kappa shape index (κ2) is 7.31. The second-order valence-electron chi connectivity index (χ2n) is 5.28. The van der Waals surface area contributed by atoms with E-state index in [2.05, 4.69) is 5.32 Å². The van der Waals surface area contributed by atoms with E-state index in [0.717, 1.165) is 26.2 Å². The van der Waals surface area contributed by atoms with Crippen LogP contribution in [0.15, 0.2) is 0 Å². The van der Waals surface area contributed by atoms with Crippen LogP contribution in [0.5, 0.6) is 0 Å². The minimum Gasteiger partial charge on any atom is -0.389 e. The monoisotopic (exact) mass is 243 g/mol. The summed E-state index contributed by atoms with van der Waals surface area (Å²) in [6.07, 6.45) is 6.05. The Bertz CT molecular complexity index is 201. The molecular weight excluding hydrogens is 218 g/mol. The first-order valence-electron chi connectivity index (χ1n) is 6.92. The normalized spacial score (nSPS) is 27.7. The largest absolute Gasteiger partial charge is 0.389 e. The zero-order valence-corrected chi connectivity index (χ0v) is 10.6. The average molecular weight is 243 g/mol. The quantitative estimate of drug-likeness (QED) is 0.698. The van der Waals surface area contributed by atoms with Crippen LogP contribution in [0.25, 0.3) is 0 Å². The number of aliphatic hydroxyl groups excluding tert-OH is 1. The maximum Gasteiger partial charge on any atom is 0.0897 e.